The molecule has 0 spiro atoms. The Balaban J connectivity index is 1.56. The SMILES string of the molecule is O=C(Nc1ccc(F)c(N(c2ccccn2)c2ncnc3nc[nH]c23)c1)c1cc(F)cc(C(F)(F)F)c1. The molecule has 3 aromatic heterocycles. The molecular formula is C24H14F5N7O. The first kappa shape index (κ1) is 23.8. The number of anilines is 4. The Morgan fingerprint density at radius 1 is 0.946 bits per heavy atom. The zero-order valence-corrected chi connectivity index (χ0v) is 18.5. The van der Waals surface area contributed by atoms with Gasteiger partial charge in [0, 0.05) is 17.4 Å². The number of nitrogens with zero attached hydrogens (tertiary/aromatic N) is 5. The average molecular weight is 511 g/mol. The Hall–Kier alpha value is -4.94. The van der Waals surface area contributed by atoms with Gasteiger partial charge in [-0.1, -0.05) is 6.07 Å². The second-order valence-electron chi connectivity index (χ2n) is 7.67. The summed E-state index contributed by atoms with van der Waals surface area (Å²) in [6, 6.07) is 9.93. The van der Waals surface area contributed by atoms with Crippen molar-refractivity contribution >= 4 is 40.1 Å². The Bertz CT molecular complexity index is 1600. The second-order valence-corrected chi connectivity index (χ2v) is 7.67. The Morgan fingerprint density at radius 3 is 2.54 bits per heavy atom. The first-order valence-corrected chi connectivity index (χ1v) is 10.5. The third-order valence-electron chi connectivity index (χ3n) is 5.23. The average Bonchev–Trinajstić information content (AvgIpc) is 3.36. The van der Waals surface area contributed by atoms with Gasteiger partial charge in [0.05, 0.1) is 17.6 Å². The molecule has 3 heterocycles. The van der Waals surface area contributed by atoms with E-state index in [0.29, 0.717) is 23.3 Å². The molecule has 0 unspecified atom stereocenters. The molecular weight excluding hydrogens is 497 g/mol. The summed E-state index contributed by atoms with van der Waals surface area (Å²) >= 11 is 0. The molecule has 0 fully saturated rings. The number of H-pyrrole nitrogens is 1. The molecule has 13 heteroatoms. The number of hydrogen-bond acceptors (Lipinski definition) is 6. The predicted octanol–water partition coefficient (Wildman–Crippen LogP) is 5.77. The monoisotopic (exact) mass is 511 g/mol. The lowest BCUT2D eigenvalue weighted by Crippen LogP contribution is -2.17. The number of halogens is 5. The van der Waals surface area contributed by atoms with Gasteiger partial charge in [0.1, 0.15) is 29.3 Å². The van der Waals surface area contributed by atoms with E-state index in [1.54, 1.807) is 18.2 Å². The summed E-state index contributed by atoms with van der Waals surface area (Å²) in [6.45, 7) is 0. The van der Waals surface area contributed by atoms with Gasteiger partial charge in [-0.15, -0.1) is 0 Å². The molecule has 1 amide bonds. The Morgan fingerprint density at radius 2 is 1.78 bits per heavy atom. The minimum Gasteiger partial charge on any atom is -0.340 e. The zero-order chi connectivity index (χ0) is 26.2. The number of aromatic nitrogens is 5. The summed E-state index contributed by atoms with van der Waals surface area (Å²) in [5.41, 5.74) is -1.26. The summed E-state index contributed by atoms with van der Waals surface area (Å²) < 4.78 is 68.2. The van der Waals surface area contributed by atoms with Crippen LogP contribution in [-0.2, 0) is 6.18 Å². The quantitative estimate of drug-likeness (QED) is 0.291. The number of nitrogens with one attached hydrogen (secondary N) is 2. The van der Waals surface area contributed by atoms with Gasteiger partial charge in [-0.3, -0.25) is 9.69 Å². The van der Waals surface area contributed by atoms with Gasteiger partial charge in [-0.25, -0.2) is 28.7 Å². The summed E-state index contributed by atoms with van der Waals surface area (Å²) in [5.74, 6) is -2.51. The highest BCUT2D eigenvalue weighted by molar-refractivity contribution is 6.04. The van der Waals surface area contributed by atoms with Gasteiger partial charge in [-0.2, -0.15) is 13.2 Å². The minimum atomic E-state index is -4.85. The van der Waals surface area contributed by atoms with Crippen molar-refractivity contribution in [2.75, 3.05) is 10.2 Å². The van der Waals surface area contributed by atoms with E-state index >= 15 is 4.39 Å². The van der Waals surface area contributed by atoms with Gasteiger partial charge in [0.2, 0.25) is 0 Å². The molecule has 0 aliphatic rings. The fourth-order valence-corrected chi connectivity index (χ4v) is 3.60. The molecule has 0 radical (unpaired) electrons. The predicted molar refractivity (Wildman–Crippen MR) is 123 cm³/mol. The fraction of sp³-hybridized carbons (Fsp3) is 0.0417. The van der Waals surface area contributed by atoms with E-state index < -0.39 is 34.8 Å². The van der Waals surface area contributed by atoms with Crippen molar-refractivity contribution in [2.24, 2.45) is 0 Å². The highest BCUT2D eigenvalue weighted by atomic mass is 19.4. The third-order valence-corrected chi connectivity index (χ3v) is 5.23. The van der Waals surface area contributed by atoms with E-state index in [1.807, 2.05) is 0 Å². The topological polar surface area (TPSA) is 99.7 Å². The largest absolute Gasteiger partial charge is 0.416 e. The number of carbonyl (C=O) groups excluding carboxylic acids is 1. The molecule has 2 aromatic carbocycles. The van der Waals surface area contributed by atoms with E-state index in [0.717, 1.165) is 6.07 Å². The fourth-order valence-electron chi connectivity index (χ4n) is 3.60. The number of hydrogen-bond donors (Lipinski definition) is 2. The zero-order valence-electron chi connectivity index (χ0n) is 18.5. The summed E-state index contributed by atoms with van der Waals surface area (Å²) in [5, 5.41) is 2.38. The van der Waals surface area contributed by atoms with Crippen LogP contribution in [0.25, 0.3) is 11.2 Å². The lowest BCUT2D eigenvalue weighted by atomic mass is 10.1. The lowest BCUT2D eigenvalue weighted by Gasteiger charge is -2.24. The normalized spacial score (nSPS) is 11.5. The second kappa shape index (κ2) is 9.26. The first-order chi connectivity index (χ1) is 17.7. The summed E-state index contributed by atoms with van der Waals surface area (Å²) in [7, 11) is 0. The molecule has 2 N–H and O–H groups in total. The van der Waals surface area contributed by atoms with Gasteiger partial charge in [0.25, 0.3) is 5.91 Å². The molecule has 5 rings (SSSR count). The lowest BCUT2D eigenvalue weighted by molar-refractivity contribution is -0.137. The number of carbonyl (C=O) groups is 1. The molecule has 8 nitrogen and oxygen atoms in total. The number of aromatic amines is 1. The van der Waals surface area contributed by atoms with Gasteiger partial charge < -0.3 is 10.3 Å². The minimum absolute atomic E-state index is 0.0232. The van der Waals surface area contributed by atoms with Crippen LogP contribution in [0.4, 0.5) is 45.0 Å². The van der Waals surface area contributed by atoms with E-state index in [9.17, 15) is 22.4 Å². The van der Waals surface area contributed by atoms with E-state index in [2.05, 4.69) is 30.2 Å². The van der Waals surface area contributed by atoms with Gasteiger partial charge in [-0.05, 0) is 48.5 Å². The standard InChI is InChI=1S/C24H14F5N7O/c25-15-8-13(7-14(9-15)24(27,28)29)23(37)35-16-4-5-17(26)18(10-16)36(19-3-1-2-6-30-19)22-20-21(32-11-31-20)33-12-34-22/h1-12H,(H,35,37)(H,31,32,33,34). The van der Waals surface area contributed by atoms with Crippen molar-refractivity contribution in [3.63, 3.8) is 0 Å². The molecule has 37 heavy (non-hydrogen) atoms. The maximum atomic E-state index is 15.2. The van der Waals surface area contributed by atoms with Crippen molar-refractivity contribution in [1.82, 2.24) is 24.9 Å². The van der Waals surface area contributed by atoms with Gasteiger partial charge in [0.15, 0.2) is 11.5 Å². The van der Waals surface area contributed by atoms with Crippen molar-refractivity contribution in [1.29, 1.82) is 0 Å². The Labute approximate surface area is 204 Å². The number of rotatable bonds is 5. The molecule has 0 aliphatic heterocycles. The van der Waals surface area contributed by atoms with E-state index in [4.69, 9.17) is 0 Å². The highest BCUT2D eigenvalue weighted by Gasteiger charge is 2.32. The molecule has 0 saturated carbocycles. The Kier molecular flexibility index (Phi) is 5.95. The number of imidazole rings is 1. The molecule has 0 atom stereocenters. The maximum Gasteiger partial charge on any atom is 0.416 e. The third kappa shape index (κ3) is 4.78. The molecule has 0 saturated heterocycles. The molecule has 0 aliphatic carbocycles. The van der Waals surface area contributed by atoms with E-state index in [-0.39, 0.29) is 29.1 Å². The van der Waals surface area contributed by atoms with Crippen LogP contribution in [0.1, 0.15) is 15.9 Å². The van der Waals surface area contributed by atoms with Crippen LogP contribution < -0.4 is 10.2 Å². The van der Waals surface area contributed by atoms with Crippen molar-refractivity contribution < 1.29 is 26.7 Å². The number of benzene rings is 2. The van der Waals surface area contributed by atoms with Crippen molar-refractivity contribution in [2.45, 2.75) is 6.18 Å². The first-order valence-electron chi connectivity index (χ1n) is 10.5. The molecule has 0 bridgehead atoms. The van der Waals surface area contributed by atoms with Gasteiger partial charge >= 0.3 is 6.18 Å². The highest BCUT2D eigenvalue weighted by Crippen LogP contribution is 2.37. The van der Waals surface area contributed by atoms with Crippen LogP contribution in [0.15, 0.2) is 73.4 Å². The molecule has 186 valence electrons. The molecule has 5 aromatic rings. The van der Waals surface area contributed by atoms with Crippen LogP contribution >= 0.6 is 0 Å². The van der Waals surface area contributed by atoms with Crippen LogP contribution in [0.3, 0.4) is 0 Å². The number of fused-ring (bicyclic) bond motifs is 1. The number of alkyl halides is 3. The van der Waals surface area contributed by atoms with Crippen molar-refractivity contribution in [3.05, 3.63) is 96.2 Å². The van der Waals surface area contributed by atoms with Crippen molar-refractivity contribution in [3.8, 4) is 0 Å². The summed E-state index contributed by atoms with van der Waals surface area (Å²) in [6.07, 6.45) is -0.737. The van der Waals surface area contributed by atoms with Crippen LogP contribution in [-0.4, -0.2) is 30.8 Å². The number of amides is 1. The van der Waals surface area contributed by atoms with Crippen LogP contribution in [0.2, 0.25) is 0 Å². The maximum absolute atomic E-state index is 15.2. The smallest absolute Gasteiger partial charge is 0.340 e. The number of pyridine rings is 1. The summed E-state index contributed by atoms with van der Waals surface area (Å²) in [4.78, 5) is 33.6. The van der Waals surface area contributed by atoms with Crippen LogP contribution in [0, 0.1) is 11.6 Å². The van der Waals surface area contributed by atoms with E-state index in [1.165, 1.54) is 35.9 Å². The van der Waals surface area contributed by atoms with Crippen LogP contribution in [0.5, 0.6) is 0 Å².